The Labute approximate surface area is 183 Å². The Morgan fingerprint density at radius 1 is 1.29 bits per heavy atom. The topological polar surface area (TPSA) is 93.2 Å². The van der Waals surface area contributed by atoms with Gasteiger partial charge in [-0.25, -0.2) is 9.07 Å². The summed E-state index contributed by atoms with van der Waals surface area (Å²) in [5.74, 6) is -1.06. The minimum atomic E-state index is -0.796. The van der Waals surface area contributed by atoms with E-state index in [1.807, 2.05) is 11.6 Å². The van der Waals surface area contributed by atoms with Gasteiger partial charge in [-0.2, -0.15) is 5.10 Å². The number of amides is 1. The summed E-state index contributed by atoms with van der Waals surface area (Å²) in [5, 5.41) is 17.9. The first kappa shape index (κ1) is 21.8. The minimum Gasteiger partial charge on any atom is -0.393 e. The molecule has 1 atom stereocenters. The molecular weight excluding hydrogens is 395 g/mol. The number of anilines is 1. The summed E-state index contributed by atoms with van der Waals surface area (Å²) in [6, 6.07) is 3.20. The number of benzene rings is 1. The number of rotatable bonds is 4. The van der Waals surface area contributed by atoms with Crippen LogP contribution in [0.1, 0.15) is 86.1 Å². The molecule has 0 spiro atoms. The molecule has 1 unspecified atom stereocenters. The van der Waals surface area contributed by atoms with Crippen LogP contribution in [0.2, 0.25) is 0 Å². The lowest BCUT2D eigenvalue weighted by Gasteiger charge is -2.34. The lowest BCUT2D eigenvalue weighted by molar-refractivity contribution is 0.0996. The first-order valence-corrected chi connectivity index (χ1v) is 11.2. The Morgan fingerprint density at radius 3 is 2.61 bits per heavy atom. The third kappa shape index (κ3) is 4.20. The molecule has 1 heterocycles. The molecular formula is C24H33FN4O2. The monoisotopic (exact) mass is 428 g/mol. The fraction of sp³-hybridized carbons (Fsp3) is 0.583. The molecule has 0 radical (unpaired) electrons. The number of nitrogens with two attached hydrogens (primary N) is 1. The fourth-order valence-corrected chi connectivity index (χ4v) is 5.59. The van der Waals surface area contributed by atoms with Crippen LogP contribution in [0.15, 0.2) is 12.1 Å². The van der Waals surface area contributed by atoms with E-state index in [-0.39, 0.29) is 23.1 Å². The summed E-state index contributed by atoms with van der Waals surface area (Å²) >= 11 is 0. The second kappa shape index (κ2) is 7.93. The Bertz CT molecular complexity index is 1010. The maximum Gasteiger partial charge on any atom is 0.253 e. The highest BCUT2D eigenvalue weighted by atomic mass is 19.1. The van der Waals surface area contributed by atoms with Gasteiger partial charge in [0.25, 0.3) is 5.91 Å². The average Bonchev–Trinajstić information content (AvgIpc) is 2.98. The van der Waals surface area contributed by atoms with Crippen molar-refractivity contribution in [2.75, 3.05) is 5.32 Å². The smallest absolute Gasteiger partial charge is 0.253 e. The SMILES string of the molecule is Cc1nn(-c2cc(F)c(C(N)=O)c(NC3CCC(O)CC3)c2)c2c1C(C)CC(C)(C)C2. The number of nitrogens with one attached hydrogen (secondary N) is 1. The molecule has 168 valence electrons. The molecule has 31 heavy (non-hydrogen) atoms. The maximum atomic E-state index is 15.1. The Hall–Kier alpha value is -2.41. The van der Waals surface area contributed by atoms with Crippen molar-refractivity contribution in [3.8, 4) is 5.69 Å². The summed E-state index contributed by atoms with van der Waals surface area (Å²) in [6.07, 6.45) is 4.54. The zero-order chi connectivity index (χ0) is 22.5. The molecule has 0 saturated heterocycles. The third-order valence-electron chi connectivity index (χ3n) is 6.83. The van der Waals surface area contributed by atoms with Crippen molar-refractivity contribution in [2.45, 2.75) is 84.3 Å². The van der Waals surface area contributed by atoms with Crippen LogP contribution in [0.5, 0.6) is 0 Å². The number of aliphatic hydroxyl groups is 1. The molecule has 2 aliphatic carbocycles. The van der Waals surface area contributed by atoms with Crippen LogP contribution >= 0.6 is 0 Å². The number of carbonyl (C=O) groups excluding carboxylic acids is 1. The lowest BCUT2D eigenvalue weighted by Crippen LogP contribution is -2.30. The highest BCUT2D eigenvalue weighted by molar-refractivity contribution is 5.99. The number of hydrogen-bond donors (Lipinski definition) is 3. The first-order valence-electron chi connectivity index (χ1n) is 11.2. The number of aromatic nitrogens is 2. The number of aryl methyl sites for hydroxylation is 1. The Morgan fingerprint density at radius 2 is 1.97 bits per heavy atom. The van der Waals surface area contributed by atoms with E-state index < -0.39 is 11.7 Å². The minimum absolute atomic E-state index is 0.0587. The van der Waals surface area contributed by atoms with Crippen molar-refractivity contribution in [1.82, 2.24) is 9.78 Å². The van der Waals surface area contributed by atoms with Gasteiger partial charge in [-0.1, -0.05) is 20.8 Å². The van der Waals surface area contributed by atoms with Crippen molar-refractivity contribution in [3.63, 3.8) is 0 Å². The van der Waals surface area contributed by atoms with E-state index in [4.69, 9.17) is 10.8 Å². The Kier molecular flexibility index (Phi) is 5.58. The number of halogens is 1. The number of hydrogen-bond acceptors (Lipinski definition) is 4. The number of primary amides is 1. The van der Waals surface area contributed by atoms with Crippen LogP contribution in [0, 0.1) is 18.2 Å². The van der Waals surface area contributed by atoms with Gasteiger partial charge in [-0.15, -0.1) is 0 Å². The summed E-state index contributed by atoms with van der Waals surface area (Å²) in [4.78, 5) is 12.0. The van der Waals surface area contributed by atoms with Crippen LogP contribution in [-0.4, -0.2) is 32.9 Å². The molecule has 7 heteroatoms. The predicted octanol–water partition coefficient (Wildman–Crippen LogP) is 4.21. The van der Waals surface area contributed by atoms with Crippen LogP contribution < -0.4 is 11.1 Å². The van der Waals surface area contributed by atoms with Crippen LogP contribution in [0.3, 0.4) is 0 Å². The van der Waals surface area contributed by atoms with Crippen molar-refractivity contribution in [1.29, 1.82) is 0 Å². The van der Waals surface area contributed by atoms with Crippen LogP contribution in [0.4, 0.5) is 10.1 Å². The van der Waals surface area contributed by atoms with Gasteiger partial charge < -0.3 is 16.2 Å². The normalized spacial score (nSPS) is 25.2. The van der Waals surface area contributed by atoms with Crippen molar-refractivity contribution in [3.05, 3.63) is 40.5 Å². The van der Waals surface area contributed by atoms with E-state index in [1.54, 1.807) is 6.07 Å². The number of carbonyl (C=O) groups is 1. The summed E-state index contributed by atoms with van der Waals surface area (Å²) in [6.45, 7) is 8.73. The largest absolute Gasteiger partial charge is 0.393 e. The van der Waals surface area contributed by atoms with E-state index in [2.05, 4.69) is 26.1 Å². The van der Waals surface area contributed by atoms with E-state index in [9.17, 15) is 9.90 Å². The van der Waals surface area contributed by atoms with Gasteiger partial charge in [0.1, 0.15) is 5.82 Å². The molecule has 2 aliphatic rings. The molecule has 1 aromatic heterocycles. The number of nitrogens with zero attached hydrogens (tertiary/aromatic N) is 2. The standard InChI is InChI=1S/C24H33FN4O2/c1-13-11-24(3,4)12-20-21(13)14(2)28-29(20)16-9-18(25)22(23(26)31)19(10-16)27-15-5-7-17(30)8-6-15/h9-10,13,15,17,27,30H,5-8,11-12H2,1-4H3,(H2,26,31). The quantitative estimate of drug-likeness (QED) is 0.680. The van der Waals surface area contributed by atoms with Gasteiger partial charge in [0.05, 0.1) is 28.7 Å². The average molecular weight is 429 g/mol. The van der Waals surface area contributed by atoms with Gasteiger partial charge in [-0.3, -0.25) is 4.79 Å². The second-order valence-electron chi connectivity index (χ2n) is 10.2. The predicted molar refractivity (Wildman–Crippen MR) is 119 cm³/mol. The zero-order valence-electron chi connectivity index (χ0n) is 18.8. The molecule has 0 aliphatic heterocycles. The third-order valence-corrected chi connectivity index (χ3v) is 6.83. The number of aliphatic hydroxyl groups excluding tert-OH is 1. The van der Waals surface area contributed by atoms with Crippen LogP contribution in [-0.2, 0) is 6.42 Å². The van der Waals surface area contributed by atoms with E-state index in [1.165, 1.54) is 11.6 Å². The van der Waals surface area contributed by atoms with E-state index >= 15 is 4.39 Å². The molecule has 1 amide bonds. The lowest BCUT2D eigenvalue weighted by atomic mass is 9.71. The highest BCUT2D eigenvalue weighted by Crippen LogP contribution is 2.44. The molecule has 4 N–H and O–H groups in total. The highest BCUT2D eigenvalue weighted by Gasteiger charge is 2.35. The van der Waals surface area contributed by atoms with Gasteiger partial charge in [0.15, 0.2) is 0 Å². The van der Waals surface area contributed by atoms with Crippen molar-refractivity contribution < 1.29 is 14.3 Å². The fourth-order valence-electron chi connectivity index (χ4n) is 5.59. The molecule has 1 fully saturated rings. The molecule has 2 aromatic rings. The van der Waals surface area contributed by atoms with Gasteiger partial charge in [0.2, 0.25) is 0 Å². The van der Waals surface area contributed by atoms with Crippen LogP contribution in [0.25, 0.3) is 5.69 Å². The first-order chi connectivity index (χ1) is 14.6. The van der Waals surface area contributed by atoms with E-state index in [0.29, 0.717) is 30.1 Å². The molecule has 6 nitrogen and oxygen atoms in total. The Balaban J connectivity index is 1.78. The summed E-state index contributed by atoms with van der Waals surface area (Å²) < 4.78 is 16.9. The molecule has 1 saturated carbocycles. The zero-order valence-corrected chi connectivity index (χ0v) is 18.8. The molecule has 4 rings (SSSR count). The van der Waals surface area contributed by atoms with Gasteiger partial charge in [0, 0.05) is 17.8 Å². The van der Waals surface area contributed by atoms with E-state index in [0.717, 1.165) is 37.1 Å². The van der Waals surface area contributed by atoms with Gasteiger partial charge >= 0.3 is 0 Å². The van der Waals surface area contributed by atoms with Crippen molar-refractivity contribution in [2.24, 2.45) is 11.1 Å². The number of fused-ring (bicyclic) bond motifs is 1. The van der Waals surface area contributed by atoms with Crippen molar-refractivity contribution >= 4 is 11.6 Å². The molecule has 0 bridgehead atoms. The summed E-state index contributed by atoms with van der Waals surface area (Å²) in [5.41, 5.74) is 9.84. The van der Waals surface area contributed by atoms with Gasteiger partial charge in [-0.05, 0) is 68.4 Å². The summed E-state index contributed by atoms with van der Waals surface area (Å²) in [7, 11) is 0. The second-order valence-corrected chi connectivity index (χ2v) is 10.2. The maximum absolute atomic E-state index is 15.1. The molecule has 1 aromatic carbocycles.